The van der Waals surface area contributed by atoms with Gasteiger partial charge in [0, 0.05) is 43.9 Å². The summed E-state index contributed by atoms with van der Waals surface area (Å²) in [6.45, 7) is 3.04. The summed E-state index contributed by atoms with van der Waals surface area (Å²) in [5.74, 6) is 0.634. The lowest BCUT2D eigenvalue weighted by molar-refractivity contribution is -0.134. The molecule has 0 aliphatic carbocycles. The number of carbonyl (C=O) groups excluding carboxylic acids is 2. The van der Waals surface area contributed by atoms with Gasteiger partial charge in [0.25, 0.3) is 11.8 Å². The fourth-order valence-corrected chi connectivity index (χ4v) is 4.27. The van der Waals surface area contributed by atoms with E-state index < -0.39 is 0 Å². The Morgan fingerprint density at radius 1 is 0.886 bits per heavy atom. The summed E-state index contributed by atoms with van der Waals surface area (Å²) in [4.78, 5) is 31.9. The van der Waals surface area contributed by atoms with Crippen molar-refractivity contribution in [3.05, 3.63) is 101 Å². The first-order chi connectivity index (χ1) is 17.0. The van der Waals surface area contributed by atoms with Gasteiger partial charge >= 0.3 is 0 Å². The molecule has 0 aromatic heterocycles. The Hall–Kier alpha value is -3.64. The molecule has 0 saturated carbocycles. The van der Waals surface area contributed by atoms with Crippen molar-refractivity contribution in [1.29, 1.82) is 0 Å². The molecule has 2 amide bonds. The molecule has 0 bridgehead atoms. The molecule has 0 unspecified atom stereocenters. The number of ether oxygens (including phenoxy) is 1. The van der Waals surface area contributed by atoms with Crippen molar-refractivity contribution in [2.75, 3.05) is 40.3 Å². The van der Waals surface area contributed by atoms with Gasteiger partial charge < -0.3 is 19.4 Å². The molecule has 182 valence electrons. The highest BCUT2D eigenvalue weighted by molar-refractivity contribution is 5.94. The summed E-state index contributed by atoms with van der Waals surface area (Å²) in [6.07, 6.45) is 0.766. The van der Waals surface area contributed by atoms with Crippen molar-refractivity contribution in [2.45, 2.75) is 19.5 Å². The van der Waals surface area contributed by atoms with Crippen LogP contribution in [-0.2, 0) is 24.3 Å². The summed E-state index contributed by atoms with van der Waals surface area (Å²) >= 11 is 0. The van der Waals surface area contributed by atoms with E-state index in [1.807, 2.05) is 96.7 Å². The van der Waals surface area contributed by atoms with Crippen LogP contribution >= 0.6 is 0 Å². The minimum absolute atomic E-state index is 0.0138. The van der Waals surface area contributed by atoms with Gasteiger partial charge in [-0.3, -0.25) is 9.59 Å². The van der Waals surface area contributed by atoms with Crippen LogP contribution in [0.4, 0.5) is 0 Å². The maximum Gasteiger partial charge on any atom is 0.260 e. The maximum absolute atomic E-state index is 13.2. The van der Waals surface area contributed by atoms with E-state index in [1.54, 1.807) is 0 Å². The molecule has 3 aromatic rings. The lowest BCUT2D eigenvalue weighted by atomic mass is 9.98. The molecule has 1 heterocycles. The van der Waals surface area contributed by atoms with Gasteiger partial charge in [0.15, 0.2) is 6.61 Å². The van der Waals surface area contributed by atoms with Crippen LogP contribution in [0.25, 0.3) is 0 Å². The quantitative estimate of drug-likeness (QED) is 0.476. The Morgan fingerprint density at radius 2 is 1.60 bits per heavy atom. The fourth-order valence-electron chi connectivity index (χ4n) is 4.27. The molecule has 6 heteroatoms. The number of nitrogens with zero attached hydrogens (tertiary/aromatic N) is 3. The average molecular weight is 472 g/mol. The van der Waals surface area contributed by atoms with E-state index in [0.29, 0.717) is 37.5 Å². The summed E-state index contributed by atoms with van der Waals surface area (Å²) in [5.41, 5.74) is 3.92. The normalized spacial score (nSPS) is 12.8. The lowest BCUT2D eigenvalue weighted by Gasteiger charge is -2.30. The minimum Gasteiger partial charge on any atom is -0.483 e. The highest BCUT2D eigenvalue weighted by Crippen LogP contribution is 2.29. The first-order valence-corrected chi connectivity index (χ1v) is 12.1. The number of benzene rings is 3. The lowest BCUT2D eigenvalue weighted by Crippen LogP contribution is -2.39. The van der Waals surface area contributed by atoms with Crippen molar-refractivity contribution < 1.29 is 14.3 Å². The van der Waals surface area contributed by atoms with Crippen molar-refractivity contribution in [2.24, 2.45) is 0 Å². The Bertz CT molecular complexity index is 1130. The van der Waals surface area contributed by atoms with Gasteiger partial charge in [-0.2, -0.15) is 0 Å². The third kappa shape index (κ3) is 6.49. The molecule has 0 radical (unpaired) electrons. The summed E-state index contributed by atoms with van der Waals surface area (Å²) < 4.78 is 6.08. The SMILES string of the molecule is CN(C)CCN(Cc1ccccc1)C(=O)COc1cccc2c1CN(C(=O)c1ccccc1)CC2. The highest BCUT2D eigenvalue weighted by Gasteiger charge is 2.25. The van der Waals surface area contributed by atoms with Crippen LogP contribution in [0.3, 0.4) is 0 Å². The number of fused-ring (bicyclic) bond motifs is 1. The molecule has 0 saturated heterocycles. The van der Waals surface area contributed by atoms with Crippen LogP contribution in [0, 0.1) is 0 Å². The Balaban J connectivity index is 1.44. The van der Waals surface area contributed by atoms with E-state index in [4.69, 9.17) is 4.74 Å². The number of carbonyl (C=O) groups is 2. The maximum atomic E-state index is 13.2. The molecule has 1 aliphatic rings. The molecule has 35 heavy (non-hydrogen) atoms. The summed E-state index contributed by atoms with van der Waals surface area (Å²) in [7, 11) is 4.00. The standard InChI is InChI=1S/C29H33N3O3/c1-30(2)18-19-31(20-23-10-5-3-6-11-23)28(33)22-35-27-15-9-14-24-16-17-32(21-26(24)27)29(34)25-12-7-4-8-13-25/h3-15H,16-22H2,1-2H3. The van der Waals surface area contributed by atoms with Crippen LogP contribution in [0.15, 0.2) is 78.9 Å². The van der Waals surface area contributed by atoms with E-state index >= 15 is 0 Å². The number of amides is 2. The largest absolute Gasteiger partial charge is 0.483 e. The van der Waals surface area contributed by atoms with Gasteiger partial charge in [-0.25, -0.2) is 0 Å². The Labute approximate surface area is 207 Å². The number of hydrogen-bond acceptors (Lipinski definition) is 4. The molecular weight excluding hydrogens is 438 g/mol. The first kappa shape index (κ1) is 24.5. The van der Waals surface area contributed by atoms with Crippen LogP contribution in [0.1, 0.15) is 27.0 Å². The van der Waals surface area contributed by atoms with Crippen molar-refractivity contribution in [3.63, 3.8) is 0 Å². The van der Waals surface area contributed by atoms with E-state index in [2.05, 4.69) is 11.0 Å². The van der Waals surface area contributed by atoms with Gasteiger partial charge in [0.05, 0.1) is 0 Å². The van der Waals surface area contributed by atoms with Gasteiger partial charge in [-0.15, -0.1) is 0 Å². The number of likely N-dealkylation sites (N-methyl/N-ethyl adjacent to an activating group) is 1. The molecular formula is C29H33N3O3. The van der Waals surface area contributed by atoms with Crippen molar-refractivity contribution in [3.8, 4) is 5.75 Å². The third-order valence-corrected chi connectivity index (χ3v) is 6.28. The second kappa shape index (κ2) is 11.7. The van der Waals surface area contributed by atoms with Crippen LogP contribution < -0.4 is 4.74 Å². The van der Waals surface area contributed by atoms with E-state index in [9.17, 15) is 9.59 Å². The van der Waals surface area contributed by atoms with Crippen LogP contribution in [0.5, 0.6) is 5.75 Å². The molecule has 0 N–H and O–H groups in total. The molecule has 0 atom stereocenters. The van der Waals surface area contributed by atoms with Gasteiger partial charge in [-0.1, -0.05) is 60.7 Å². The van der Waals surface area contributed by atoms with Crippen LogP contribution in [-0.4, -0.2) is 66.9 Å². The van der Waals surface area contributed by atoms with E-state index in [-0.39, 0.29) is 18.4 Å². The summed E-state index contributed by atoms with van der Waals surface area (Å²) in [5, 5.41) is 0. The Morgan fingerprint density at radius 3 is 2.31 bits per heavy atom. The first-order valence-electron chi connectivity index (χ1n) is 12.1. The molecule has 3 aromatic carbocycles. The zero-order valence-electron chi connectivity index (χ0n) is 20.5. The minimum atomic E-state index is -0.0543. The smallest absolute Gasteiger partial charge is 0.260 e. The van der Waals surface area contributed by atoms with Gasteiger partial charge in [0.2, 0.25) is 0 Å². The zero-order chi connectivity index (χ0) is 24.6. The molecule has 0 fully saturated rings. The Kier molecular flexibility index (Phi) is 8.16. The fraction of sp³-hybridized carbons (Fsp3) is 0.310. The molecule has 4 rings (SSSR count). The molecule has 1 aliphatic heterocycles. The summed E-state index contributed by atoms with van der Waals surface area (Å²) in [6, 6.07) is 25.3. The van der Waals surface area contributed by atoms with E-state index in [1.165, 1.54) is 5.56 Å². The van der Waals surface area contributed by atoms with Crippen molar-refractivity contribution >= 4 is 11.8 Å². The number of rotatable bonds is 9. The van der Waals surface area contributed by atoms with Gasteiger partial charge in [-0.05, 0) is 49.8 Å². The van der Waals surface area contributed by atoms with Crippen LogP contribution in [0.2, 0.25) is 0 Å². The third-order valence-electron chi connectivity index (χ3n) is 6.28. The molecule has 6 nitrogen and oxygen atoms in total. The second-order valence-electron chi connectivity index (χ2n) is 9.13. The van der Waals surface area contributed by atoms with Crippen molar-refractivity contribution in [1.82, 2.24) is 14.7 Å². The molecule has 0 spiro atoms. The average Bonchev–Trinajstić information content (AvgIpc) is 2.89. The monoisotopic (exact) mass is 471 g/mol. The predicted molar refractivity (Wildman–Crippen MR) is 137 cm³/mol. The predicted octanol–water partition coefficient (Wildman–Crippen LogP) is 3.85. The number of hydrogen-bond donors (Lipinski definition) is 0. The van der Waals surface area contributed by atoms with E-state index in [0.717, 1.165) is 24.1 Å². The highest BCUT2D eigenvalue weighted by atomic mass is 16.5. The zero-order valence-corrected chi connectivity index (χ0v) is 20.5. The topological polar surface area (TPSA) is 53.1 Å². The van der Waals surface area contributed by atoms with Gasteiger partial charge in [0.1, 0.15) is 5.75 Å². The second-order valence-corrected chi connectivity index (χ2v) is 9.13.